The van der Waals surface area contributed by atoms with E-state index in [0.29, 0.717) is 6.42 Å². The van der Waals surface area contributed by atoms with Crippen molar-refractivity contribution >= 4 is 11.7 Å². The molecule has 0 aliphatic rings. The molecule has 4 nitrogen and oxygen atoms in total. The second-order valence-corrected chi connectivity index (χ2v) is 1.82. The number of nitrogens with one attached hydrogen (secondary N) is 1. The van der Waals surface area contributed by atoms with Crippen molar-refractivity contribution < 1.29 is 4.79 Å². The van der Waals surface area contributed by atoms with Crippen LogP contribution in [0.3, 0.4) is 0 Å². The average molecular weight is 129 g/mol. The third-order valence-corrected chi connectivity index (χ3v) is 1.13. The van der Waals surface area contributed by atoms with Gasteiger partial charge in [0.2, 0.25) is 5.91 Å². The van der Waals surface area contributed by atoms with Crippen molar-refractivity contribution in [1.29, 1.82) is 5.41 Å². The summed E-state index contributed by atoms with van der Waals surface area (Å²) in [5.74, 6) is -1.25. The summed E-state index contributed by atoms with van der Waals surface area (Å²) in [7, 11) is 0. The quantitative estimate of drug-likeness (QED) is 0.352. The van der Waals surface area contributed by atoms with Gasteiger partial charge in [0.15, 0.2) is 0 Å². The van der Waals surface area contributed by atoms with Gasteiger partial charge in [-0.25, -0.2) is 0 Å². The number of amidine groups is 1. The van der Waals surface area contributed by atoms with E-state index in [4.69, 9.17) is 16.9 Å². The Labute approximate surface area is 53.7 Å². The lowest BCUT2D eigenvalue weighted by atomic mass is 10.1. The van der Waals surface area contributed by atoms with E-state index in [1.807, 2.05) is 0 Å². The zero-order valence-corrected chi connectivity index (χ0v) is 5.35. The fraction of sp³-hybridized carbons (Fsp3) is 0.600. The molecule has 0 aromatic heterocycles. The Hall–Kier alpha value is -1.06. The zero-order chi connectivity index (χ0) is 7.44. The molecule has 9 heavy (non-hydrogen) atoms. The molecule has 52 valence electrons. The van der Waals surface area contributed by atoms with Crippen LogP contribution in [0.4, 0.5) is 0 Å². The molecule has 0 fully saturated rings. The summed E-state index contributed by atoms with van der Waals surface area (Å²) in [6.07, 6.45) is 0.505. The van der Waals surface area contributed by atoms with Gasteiger partial charge in [0.05, 0.1) is 5.92 Å². The van der Waals surface area contributed by atoms with Gasteiger partial charge in [0, 0.05) is 0 Å². The Balaban J connectivity index is 3.99. The molecule has 0 rings (SSSR count). The first-order valence-electron chi connectivity index (χ1n) is 2.72. The smallest absolute Gasteiger partial charge is 0.228 e. The van der Waals surface area contributed by atoms with Gasteiger partial charge in [-0.1, -0.05) is 6.92 Å². The van der Waals surface area contributed by atoms with Crippen molar-refractivity contribution in [2.75, 3.05) is 0 Å². The molecule has 0 aromatic rings. The molecule has 0 saturated heterocycles. The van der Waals surface area contributed by atoms with Crippen LogP contribution in [0.2, 0.25) is 0 Å². The van der Waals surface area contributed by atoms with E-state index < -0.39 is 11.8 Å². The molecule has 0 aliphatic carbocycles. The number of primary amides is 1. The first kappa shape index (κ1) is 7.94. The molecule has 4 heteroatoms. The minimum atomic E-state index is -0.579. The van der Waals surface area contributed by atoms with Gasteiger partial charge in [-0.3, -0.25) is 10.2 Å². The van der Waals surface area contributed by atoms with Crippen molar-refractivity contribution in [3.8, 4) is 0 Å². The van der Waals surface area contributed by atoms with E-state index in [9.17, 15) is 4.79 Å². The molecule has 0 heterocycles. The topological polar surface area (TPSA) is 93.0 Å². The van der Waals surface area contributed by atoms with Crippen molar-refractivity contribution in [3.63, 3.8) is 0 Å². The maximum Gasteiger partial charge on any atom is 0.228 e. The average Bonchev–Trinajstić information content (AvgIpc) is 1.64. The molecule has 0 saturated carbocycles. The predicted molar refractivity (Wildman–Crippen MR) is 34.9 cm³/mol. The Morgan fingerprint density at radius 3 is 2.11 bits per heavy atom. The summed E-state index contributed by atoms with van der Waals surface area (Å²) in [4.78, 5) is 10.4. The highest BCUT2D eigenvalue weighted by Crippen LogP contribution is 1.98. The summed E-state index contributed by atoms with van der Waals surface area (Å²) in [5, 5.41) is 6.86. The van der Waals surface area contributed by atoms with Crippen LogP contribution in [0.15, 0.2) is 0 Å². The number of carbonyl (C=O) groups is 1. The summed E-state index contributed by atoms with van der Waals surface area (Å²) in [5.41, 5.74) is 9.92. The van der Waals surface area contributed by atoms with Gasteiger partial charge in [0.1, 0.15) is 5.84 Å². The monoisotopic (exact) mass is 129 g/mol. The zero-order valence-electron chi connectivity index (χ0n) is 5.35. The van der Waals surface area contributed by atoms with Crippen LogP contribution in [0.5, 0.6) is 0 Å². The Morgan fingerprint density at radius 1 is 1.67 bits per heavy atom. The maximum absolute atomic E-state index is 10.4. The number of hydrogen-bond acceptors (Lipinski definition) is 2. The van der Waals surface area contributed by atoms with Crippen LogP contribution >= 0.6 is 0 Å². The van der Waals surface area contributed by atoms with Crippen LogP contribution in [-0.4, -0.2) is 11.7 Å². The van der Waals surface area contributed by atoms with Crippen molar-refractivity contribution in [3.05, 3.63) is 0 Å². The van der Waals surface area contributed by atoms with Gasteiger partial charge in [-0.2, -0.15) is 0 Å². The second kappa shape index (κ2) is 3.06. The fourth-order valence-corrected chi connectivity index (χ4v) is 0.574. The molecule has 0 radical (unpaired) electrons. The molecule has 0 bridgehead atoms. The van der Waals surface area contributed by atoms with Gasteiger partial charge < -0.3 is 11.5 Å². The normalized spacial score (nSPS) is 12.6. The fourth-order valence-electron chi connectivity index (χ4n) is 0.574. The maximum atomic E-state index is 10.4. The third-order valence-electron chi connectivity index (χ3n) is 1.13. The highest BCUT2D eigenvalue weighted by molar-refractivity contribution is 5.99. The number of nitrogens with two attached hydrogens (primary N) is 2. The predicted octanol–water partition coefficient (Wildman–Crippen LogP) is -0.566. The lowest BCUT2D eigenvalue weighted by molar-refractivity contribution is -0.119. The summed E-state index contributed by atoms with van der Waals surface area (Å²) in [6.45, 7) is 1.76. The highest BCUT2D eigenvalue weighted by atomic mass is 16.1. The van der Waals surface area contributed by atoms with Crippen LogP contribution in [-0.2, 0) is 4.79 Å². The molecule has 1 unspecified atom stereocenters. The number of rotatable bonds is 3. The first-order valence-corrected chi connectivity index (χ1v) is 2.72. The molecule has 1 atom stereocenters. The number of amides is 1. The van der Waals surface area contributed by atoms with Gasteiger partial charge in [-0.05, 0) is 6.42 Å². The summed E-state index contributed by atoms with van der Waals surface area (Å²) in [6, 6.07) is 0. The van der Waals surface area contributed by atoms with E-state index in [2.05, 4.69) is 0 Å². The molecule has 0 spiro atoms. The lowest BCUT2D eigenvalue weighted by Crippen LogP contribution is -2.33. The molecule has 5 N–H and O–H groups in total. The minimum absolute atomic E-state index is 0.148. The molecule has 1 amide bonds. The second-order valence-electron chi connectivity index (χ2n) is 1.82. The number of carbonyl (C=O) groups excluding carboxylic acids is 1. The van der Waals surface area contributed by atoms with E-state index in [0.717, 1.165) is 0 Å². The Morgan fingerprint density at radius 2 is 2.11 bits per heavy atom. The number of hydrogen-bond donors (Lipinski definition) is 3. The van der Waals surface area contributed by atoms with Gasteiger partial charge in [0.25, 0.3) is 0 Å². The standard InChI is InChI=1S/C5H11N3O/c1-2-3(4(6)7)5(8)9/h3H,2H2,1H3,(H3,6,7)(H2,8,9). The van der Waals surface area contributed by atoms with Crippen LogP contribution in [0, 0.1) is 11.3 Å². The first-order chi connectivity index (χ1) is 4.09. The largest absolute Gasteiger partial charge is 0.387 e. The van der Waals surface area contributed by atoms with Crippen LogP contribution in [0.1, 0.15) is 13.3 Å². The van der Waals surface area contributed by atoms with E-state index in [-0.39, 0.29) is 5.84 Å². The summed E-state index contributed by atoms with van der Waals surface area (Å²) < 4.78 is 0. The van der Waals surface area contributed by atoms with Crippen LogP contribution in [0.25, 0.3) is 0 Å². The SMILES string of the molecule is CCC(C(=N)N)C(N)=O. The Bertz CT molecular complexity index is 118. The molecule has 0 aromatic carbocycles. The van der Waals surface area contributed by atoms with Gasteiger partial charge >= 0.3 is 0 Å². The van der Waals surface area contributed by atoms with E-state index in [1.54, 1.807) is 6.92 Å². The molecular formula is C5H11N3O. The molecular weight excluding hydrogens is 118 g/mol. The van der Waals surface area contributed by atoms with Crippen LogP contribution < -0.4 is 11.5 Å². The molecule has 0 aliphatic heterocycles. The van der Waals surface area contributed by atoms with Crippen molar-refractivity contribution in [2.45, 2.75) is 13.3 Å². The van der Waals surface area contributed by atoms with E-state index in [1.165, 1.54) is 0 Å². The van der Waals surface area contributed by atoms with Crippen molar-refractivity contribution in [2.24, 2.45) is 17.4 Å². The highest BCUT2D eigenvalue weighted by Gasteiger charge is 2.14. The lowest BCUT2D eigenvalue weighted by Gasteiger charge is -2.06. The summed E-state index contributed by atoms with van der Waals surface area (Å²) >= 11 is 0. The Kier molecular flexibility index (Phi) is 2.70. The van der Waals surface area contributed by atoms with Crippen molar-refractivity contribution in [1.82, 2.24) is 0 Å². The van der Waals surface area contributed by atoms with E-state index >= 15 is 0 Å². The minimum Gasteiger partial charge on any atom is -0.387 e. The van der Waals surface area contributed by atoms with Gasteiger partial charge in [-0.15, -0.1) is 0 Å². The third kappa shape index (κ3) is 2.12.